The fourth-order valence-electron chi connectivity index (χ4n) is 4.39. The van der Waals surface area contributed by atoms with Crippen LogP contribution in [0.5, 0.6) is 0 Å². The molecule has 2 aliphatic rings. The summed E-state index contributed by atoms with van der Waals surface area (Å²) in [6, 6.07) is 8.42. The fraction of sp³-hybridized carbons (Fsp3) is 0.636. The molecule has 152 valence electrons. The van der Waals surface area contributed by atoms with Crippen LogP contribution >= 0.6 is 11.6 Å². The molecule has 1 aromatic rings. The van der Waals surface area contributed by atoms with Crippen molar-refractivity contribution in [3.8, 4) is 6.07 Å². The van der Waals surface area contributed by atoms with Crippen molar-refractivity contribution in [2.75, 3.05) is 37.6 Å². The molecule has 1 heterocycles. The number of hydrogen-bond acceptors (Lipinski definition) is 4. The average Bonchev–Trinajstić information content (AvgIpc) is 2.70. The van der Waals surface area contributed by atoms with Gasteiger partial charge in [-0.25, -0.2) is 0 Å². The SMILES string of the molecule is Cc1ccc(Cl)c(N2CCN(CC[C@H]3CC[C@H](NC(=O)CC#N)CC3)CC2)c1. The minimum absolute atomic E-state index is 0.0281. The van der Waals surface area contributed by atoms with Crippen LogP contribution in [0.1, 0.15) is 44.1 Å². The number of rotatable bonds is 6. The van der Waals surface area contributed by atoms with Crippen LogP contribution in [0, 0.1) is 24.2 Å². The third-order valence-corrected chi connectivity index (χ3v) is 6.44. The Morgan fingerprint density at radius 2 is 1.93 bits per heavy atom. The van der Waals surface area contributed by atoms with Crippen LogP contribution in [0.25, 0.3) is 0 Å². The second-order valence-corrected chi connectivity index (χ2v) is 8.60. The van der Waals surface area contributed by atoms with Gasteiger partial charge < -0.3 is 10.2 Å². The normalized spacial score (nSPS) is 23.2. The van der Waals surface area contributed by atoms with Gasteiger partial charge in [0, 0.05) is 32.2 Å². The number of nitrogens with zero attached hydrogens (tertiary/aromatic N) is 3. The molecule has 0 atom stereocenters. The van der Waals surface area contributed by atoms with E-state index in [1.165, 1.54) is 24.8 Å². The first-order chi connectivity index (χ1) is 13.5. The molecule has 0 aromatic heterocycles. The molecule has 2 fully saturated rings. The molecule has 0 bridgehead atoms. The second-order valence-electron chi connectivity index (χ2n) is 8.19. The standard InChI is InChI=1S/C22H31ClN4O/c1-17-2-7-20(23)21(16-17)27-14-12-26(13-15-27)11-9-18-3-5-19(6-4-18)25-22(28)8-10-24/h2,7,16,18-19H,3-6,8-9,11-15H2,1H3,(H,25,28)/t18-,19-. The first-order valence-corrected chi connectivity index (χ1v) is 10.8. The van der Waals surface area contributed by atoms with E-state index in [1.807, 2.05) is 12.1 Å². The van der Waals surface area contributed by atoms with Crippen LogP contribution in [-0.2, 0) is 4.79 Å². The van der Waals surface area contributed by atoms with Crippen molar-refractivity contribution in [1.29, 1.82) is 5.26 Å². The zero-order chi connectivity index (χ0) is 19.9. The Kier molecular flexibility index (Phi) is 7.58. The smallest absolute Gasteiger partial charge is 0.234 e. The van der Waals surface area contributed by atoms with Crippen LogP contribution in [0.2, 0.25) is 5.02 Å². The second kappa shape index (κ2) is 10.1. The average molecular weight is 403 g/mol. The Morgan fingerprint density at radius 1 is 1.21 bits per heavy atom. The van der Waals surface area contributed by atoms with Gasteiger partial charge in [-0.3, -0.25) is 9.69 Å². The maximum Gasteiger partial charge on any atom is 0.234 e. The van der Waals surface area contributed by atoms with E-state index < -0.39 is 0 Å². The number of piperazine rings is 1. The summed E-state index contributed by atoms with van der Waals surface area (Å²) in [5.74, 6) is 0.630. The lowest BCUT2D eigenvalue weighted by atomic mass is 9.84. The van der Waals surface area contributed by atoms with E-state index in [0.717, 1.165) is 62.2 Å². The van der Waals surface area contributed by atoms with Crippen LogP contribution in [-0.4, -0.2) is 49.6 Å². The fourth-order valence-corrected chi connectivity index (χ4v) is 4.63. The molecule has 1 saturated heterocycles. The maximum atomic E-state index is 11.5. The zero-order valence-corrected chi connectivity index (χ0v) is 17.5. The summed E-state index contributed by atoms with van der Waals surface area (Å²) in [6.07, 6.45) is 5.65. The molecule has 1 amide bonds. The zero-order valence-electron chi connectivity index (χ0n) is 16.8. The summed E-state index contributed by atoms with van der Waals surface area (Å²) in [5, 5.41) is 12.4. The molecule has 0 spiro atoms. The third kappa shape index (κ3) is 5.86. The highest BCUT2D eigenvalue weighted by atomic mass is 35.5. The molecule has 3 rings (SSSR count). The van der Waals surface area contributed by atoms with Crippen molar-refractivity contribution in [3.63, 3.8) is 0 Å². The summed E-state index contributed by atoms with van der Waals surface area (Å²) in [5.41, 5.74) is 2.42. The number of halogens is 1. The summed E-state index contributed by atoms with van der Waals surface area (Å²) in [6.45, 7) is 7.50. The monoisotopic (exact) mass is 402 g/mol. The number of aryl methyl sites for hydroxylation is 1. The molecule has 0 unspecified atom stereocenters. The molecule has 0 radical (unpaired) electrons. The molecule has 6 heteroatoms. The molecule has 5 nitrogen and oxygen atoms in total. The van der Waals surface area contributed by atoms with Crippen molar-refractivity contribution >= 4 is 23.2 Å². The van der Waals surface area contributed by atoms with Crippen LogP contribution in [0.4, 0.5) is 5.69 Å². The Morgan fingerprint density at radius 3 is 2.61 bits per heavy atom. The van der Waals surface area contributed by atoms with Gasteiger partial charge in [-0.15, -0.1) is 0 Å². The molecule has 28 heavy (non-hydrogen) atoms. The van der Waals surface area contributed by atoms with Crippen LogP contribution in [0.15, 0.2) is 18.2 Å². The van der Waals surface area contributed by atoms with Crippen molar-refractivity contribution in [3.05, 3.63) is 28.8 Å². The van der Waals surface area contributed by atoms with E-state index in [1.54, 1.807) is 0 Å². The van der Waals surface area contributed by atoms with Crippen molar-refractivity contribution in [2.24, 2.45) is 5.92 Å². The van der Waals surface area contributed by atoms with E-state index in [4.69, 9.17) is 16.9 Å². The first-order valence-electron chi connectivity index (χ1n) is 10.4. The highest BCUT2D eigenvalue weighted by Crippen LogP contribution is 2.29. The molecular formula is C22H31ClN4O. The first kappa shape index (κ1) is 21.0. The largest absolute Gasteiger partial charge is 0.368 e. The van der Waals surface area contributed by atoms with E-state index in [-0.39, 0.29) is 18.4 Å². The molecule has 1 saturated carbocycles. The van der Waals surface area contributed by atoms with Crippen molar-refractivity contribution in [2.45, 2.75) is 51.5 Å². The number of amides is 1. The number of hydrogen-bond donors (Lipinski definition) is 1. The Labute approximate surface area is 173 Å². The van der Waals surface area contributed by atoms with E-state index in [9.17, 15) is 4.79 Å². The predicted octanol–water partition coefficient (Wildman–Crippen LogP) is 3.75. The van der Waals surface area contributed by atoms with Gasteiger partial charge in [0.25, 0.3) is 0 Å². The van der Waals surface area contributed by atoms with Gasteiger partial charge in [0.15, 0.2) is 0 Å². The molecule has 1 N–H and O–H groups in total. The topological polar surface area (TPSA) is 59.4 Å². The molecule has 1 aliphatic carbocycles. The lowest BCUT2D eigenvalue weighted by Gasteiger charge is -2.37. The van der Waals surface area contributed by atoms with Gasteiger partial charge in [0.1, 0.15) is 6.42 Å². The number of carbonyl (C=O) groups is 1. The predicted molar refractivity (Wildman–Crippen MR) is 114 cm³/mol. The number of nitriles is 1. The maximum absolute atomic E-state index is 11.5. The highest BCUT2D eigenvalue weighted by Gasteiger charge is 2.24. The van der Waals surface area contributed by atoms with Gasteiger partial charge in [-0.2, -0.15) is 5.26 Å². The van der Waals surface area contributed by atoms with Gasteiger partial charge >= 0.3 is 0 Å². The number of nitrogens with one attached hydrogen (secondary N) is 1. The van der Waals surface area contributed by atoms with Crippen LogP contribution in [0.3, 0.4) is 0 Å². The lowest BCUT2D eigenvalue weighted by molar-refractivity contribution is -0.121. The van der Waals surface area contributed by atoms with Crippen LogP contribution < -0.4 is 10.2 Å². The highest BCUT2D eigenvalue weighted by molar-refractivity contribution is 6.33. The minimum Gasteiger partial charge on any atom is -0.368 e. The Bertz CT molecular complexity index is 701. The molecule has 1 aromatic carbocycles. The lowest BCUT2D eigenvalue weighted by Crippen LogP contribution is -2.47. The van der Waals surface area contributed by atoms with Gasteiger partial charge in [-0.1, -0.05) is 17.7 Å². The summed E-state index contributed by atoms with van der Waals surface area (Å²) >= 11 is 6.39. The Hall–Kier alpha value is -1.77. The summed E-state index contributed by atoms with van der Waals surface area (Å²) in [7, 11) is 0. The minimum atomic E-state index is -0.127. The third-order valence-electron chi connectivity index (χ3n) is 6.12. The number of carbonyl (C=O) groups excluding carboxylic acids is 1. The Balaban J connectivity index is 1.36. The van der Waals surface area contributed by atoms with E-state index in [0.29, 0.717) is 0 Å². The molecular weight excluding hydrogens is 372 g/mol. The van der Waals surface area contributed by atoms with Gasteiger partial charge in [0.05, 0.1) is 16.8 Å². The summed E-state index contributed by atoms with van der Waals surface area (Å²) < 4.78 is 0. The number of anilines is 1. The van der Waals surface area contributed by atoms with Gasteiger partial charge in [0.2, 0.25) is 5.91 Å². The summed E-state index contributed by atoms with van der Waals surface area (Å²) in [4.78, 5) is 16.5. The van der Waals surface area contributed by atoms with Crippen molar-refractivity contribution < 1.29 is 4.79 Å². The molecule has 1 aliphatic heterocycles. The van der Waals surface area contributed by atoms with Gasteiger partial charge in [-0.05, 0) is 69.2 Å². The number of benzene rings is 1. The van der Waals surface area contributed by atoms with E-state index in [2.05, 4.69) is 34.2 Å². The quantitative estimate of drug-likeness (QED) is 0.787. The van der Waals surface area contributed by atoms with E-state index >= 15 is 0 Å². The van der Waals surface area contributed by atoms with Crippen molar-refractivity contribution in [1.82, 2.24) is 10.2 Å².